The second kappa shape index (κ2) is 8.19. The van der Waals surface area contributed by atoms with Gasteiger partial charge in [-0.1, -0.05) is 39.0 Å². The van der Waals surface area contributed by atoms with Crippen molar-refractivity contribution in [1.82, 2.24) is 20.0 Å². The zero-order valence-electron chi connectivity index (χ0n) is 18.3. The van der Waals surface area contributed by atoms with Crippen molar-refractivity contribution in [3.63, 3.8) is 0 Å². The highest BCUT2D eigenvalue weighted by molar-refractivity contribution is 5.93. The molecule has 0 saturated heterocycles. The van der Waals surface area contributed by atoms with Crippen LogP contribution in [0.25, 0.3) is 38.0 Å². The molecule has 0 aliphatic carbocycles. The molecule has 31 heavy (non-hydrogen) atoms. The first-order valence-corrected chi connectivity index (χ1v) is 10.6. The number of hydrogen-bond acceptors (Lipinski definition) is 3. The lowest BCUT2D eigenvalue weighted by atomic mass is 9.93. The van der Waals surface area contributed by atoms with Gasteiger partial charge in [-0.2, -0.15) is 10.2 Å². The smallest absolute Gasteiger partial charge is 0.269 e. The van der Waals surface area contributed by atoms with Crippen LogP contribution in [0, 0.1) is 6.57 Å². The van der Waals surface area contributed by atoms with Crippen LogP contribution in [0.1, 0.15) is 37.6 Å². The maximum Gasteiger partial charge on any atom is 0.272 e. The number of hydrogen-bond donors (Lipinski definition) is 1. The number of aromatic nitrogens is 4. The van der Waals surface area contributed by atoms with E-state index in [0.717, 1.165) is 58.3 Å². The highest BCUT2D eigenvalue weighted by Crippen LogP contribution is 2.40. The molecule has 6 nitrogen and oxygen atoms in total. The molecule has 2 aromatic heterocycles. The van der Waals surface area contributed by atoms with E-state index in [2.05, 4.69) is 46.1 Å². The first kappa shape index (κ1) is 20.5. The molecule has 156 valence electrons. The van der Waals surface area contributed by atoms with Crippen LogP contribution in [0.15, 0.2) is 41.3 Å². The summed E-state index contributed by atoms with van der Waals surface area (Å²) in [5.74, 6) is 0. The molecule has 0 unspecified atom stereocenters. The minimum atomic E-state index is -0.191. The maximum absolute atomic E-state index is 12.2. The van der Waals surface area contributed by atoms with Gasteiger partial charge in [0.15, 0.2) is 5.69 Å². The Labute approximate surface area is 181 Å². The Morgan fingerprint density at radius 3 is 2.52 bits per heavy atom. The Morgan fingerprint density at radius 2 is 1.84 bits per heavy atom. The quantitative estimate of drug-likeness (QED) is 0.457. The molecule has 0 amide bonds. The molecule has 0 saturated carbocycles. The number of aryl methyl sites for hydroxylation is 4. The number of fused-ring (bicyclic) bond motifs is 1. The summed E-state index contributed by atoms with van der Waals surface area (Å²) in [6.07, 6.45) is 4.25. The molecule has 2 heterocycles. The second-order valence-corrected chi connectivity index (χ2v) is 7.61. The molecule has 0 aliphatic heterocycles. The standard InChI is InChI=1S/C25H25N5O/c1-6-15-11-16(7-2)23(26-4)20(12-15)24-21(14-27-30(24)5)17-9-10-18-19(13-17)22(8-3)28-29-25(18)31/h9-14H,6-8H2,1-3,5H3,(H,29,31). The van der Waals surface area contributed by atoms with E-state index in [1.165, 1.54) is 5.56 Å². The summed E-state index contributed by atoms with van der Waals surface area (Å²) >= 11 is 0. The molecule has 0 atom stereocenters. The average molecular weight is 412 g/mol. The number of benzene rings is 2. The van der Waals surface area contributed by atoms with Crippen molar-refractivity contribution in [1.29, 1.82) is 0 Å². The summed E-state index contributed by atoms with van der Waals surface area (Å²) in [6, 6.07) is 10.0. The molecule has 1 N–H and O–H groups in total. The van der Waals surface area contributed by atoms with Gasteiger partial charge in [0.2, 0.25) is 0 Å². The van der Waals surface area contributed by atoms with Crippen LogP contribution in [-0.4, -0.2) is 20.0 Å². The van der Waals surface area contributed by atoms with Crippen LogP contribution in [0.3, 0.4) is 0 Å². The van der Waals surface area contributed by atoms with Gasteiger partial charge in [-0.25, -0.2) is 9.94 Å². The molecule has 0 aliphatic rings. The van der Waals surface area contributed by atoms with Crippen molar-refractivity contribution >= 4 is 16.5 Å². The molecule has 0 spiro atoms. The normalized spacial score (nSPS) is 11.1. The van der Waals surface area contributed by atoms with Crippen LogP contribution < -0.4 is 5.56 Å². The number of aromatic amines is 1. The van der Waals surface area contributed by atoms with Gasteiger partial charge in [-0.3, -0.25) is 9.48 Å². The Morgan fingerprint density at radius 1 is 1.03 bits per heavy atom. The van der Waals surface area contributed by atoms with E-state index in [0.29, 0.717) is 11.1 Å². The molecule has 4 aromatic rings. The molecule has 2 aromatic carbocycles. The third-order valence-corrected chi connectivity index (χ3v) is 5.86. The fraction of sp³-hybridized carbons (Fsp3) is 0.280. The van der Waals surface area contributed by atoms with Crippen LogP contribution in [0.5, 0.6) is 0 Å². The van der Waals surface area contributed by atoms with Crippen LogP contribution in [-0.2, 0) is 26.3 Å². The van der Waals surface area contributed by atoms with Gasteiger partial charge in [0.25, 0.3) is 5.56 Å². The Bertz CT molecular complexity index is 1390. The fourth-order valence-corrected chi connectivity index (χ4v) is 4.17. The lowest BCUT2D eigenvalue weighted by Crippen LogP contribution is -2.10. The lowest BCUT2D eigenvalue weighted by Gasteiger charge is -2.14. The summed E-state index contributed by atoms with van der Waals surface area (Å²) in [5.41, 5.74) is 7.30. The van der Waals surface area contributed by atoms with Crippen molar-refractivity contribution in [2.75, 3.05) is 0 Å². The molecular formula is C25H25N5O. The largest absolute Gasteiger partial charge is 0.272 e. The Balaban J connectivity index is 2.01. The van der Waals surface area contributed by atoms with Gasteiger partial charge in [-0.05, 0) is 48.1 Å². The van der Waals surface area contributed by atoms with E-state index in [-0.39, 0.29) is 5.56 Å². The summed E-state index contributed by atoms with van der Waals surface area (Å²) in [7, 11) is 1.90. The van der Waals surface area contributed by atoms with E-state index in [1.807, 2.05) is 43.0 Å². The summed E-state index contributed by atoms with van der Waals surface area (Å²) in [6.45, 7) is 14.1. The topological polar surface area (TPSA) is 67.9 Å². The van der Waals surface area contributed by atoms with Crippen LogP contribution in [0.4, 0.5) is 5.69 Å². The van der Waals surface area contributed by atoms with E-state index >= 15 is 0 Å². The zero-order chi connectivity index (χ0) is 22.1. The number of nitrogens with one attached hydrogen (secondary N) is 1. The Kier molecular flexibility index (Phi) is 5.43. The fourth-order valence-electron chi connectivity index (χ4n) is 4.17. The SMILES string of the molecule is [C-]#[N+]c1c(CC)cc(CC)cc1-c1c(-c2ccc3c(=O)[nH]nc(CC)c3c2)cnn1C. The van der Waals surface area contributed by atoms with Crippen molar-refractivity contribution in [2.24, 2.45) is 7.05 Å². The van der Waals surface area contributed by atoms with Crippen molar-refractivity contribution in [3.8, 4) is 22.4 Å². The van der Waals surface area contributed by atoms with E-state index in [9.17, 15) is 4.79 Å². The van der Waals surface area contributed by atoms with Crippen LogP contribution in [0.2, 0.25) is 0 Å². The summed E-state index contributed by atoms with van der Waals surface area (Å²) in [4.78, 5) is 16.1. The van der Waals surface area contributed by atoms with Crippen molar-refractivity contribution in [3.05, 3.63) is 75.1 Å². The molecule has 0 bridgehead atoms. The van der Waals surface area contributed by atoms with E-state index < -0.39 is 0 Å². The average Bonchev–Trinajstić information content (AvgIpc) is 3.19. The van der Waals surface area contributed by atoms with Gasteiger partial charge in [-0.15, -0.1) is 0 Å². The number of rotatable bonds is 5. The maximum atomic E-state index is 12.2. The molecular weight excluding hydrogens is 386 g/mol. The first-order chi connectivity index (χ1) is 15.0. The molecule has 0 fully saturated rings. The minimum Gasteiger partial charge on any atom is -0.269 e. The molecule has 0 radical (unpaired) electrons. The predicted octanol–water partition coefficient (Wildman–Crippen LogP) is 5.23. The second-order valence-electron chi connectivity index (χ2n) is 7.61. The number of nitrogens with zero attached hydrogens (tertiary/aromatic N) is 4. The Hall–Kier alpha value is -3.72. The van der Waals surface area contributed by atoms with Gasteiger partial charge >= 0.3 is 0 Å². The third kappa shape index (κ3) is 3.42. The zero-order valence-corrected chi connectivity index (χ0v) is 18.3. The molecule has 4 rings (SSSR count). The predicted molar refractivity (Wildman–Crippen MR) is 124 cm³/mol. The number of H-pyrrole nitrogens is 1. The first-order valence-electron chi connectivity index (χ1n) is 10.6. The van der Waals surface area contributed by atoms with Gasteiger partial charge in [0, 0.05) is 23.6 Å². The van der Waals surface area contributed by atoms with Gasteiger partial charge in [0.05, 0.1) is 29.5 Å². The van der Waals surface area contributed by atoms with Gasteiger partial charge < -0.3 is 0 Å². The van der Waals surface area contributed by atoms with E-state index in [4.69, 9.17) is 6.57 Å². The highest BCUT2D eigenvalue weighted by Gasteiger charge is 2.20. The monoisotopic (exact) mass is 411 g/mol. The lowest BCUT2D eigenvalue weighted by molar-refractivity contribution is 0.776. The molecule has 6 heteroatoms. The van der Waals surface area contributed by atoms with E-state index in [1.54, 1.807) is 0 Å². The third-order valence-electron chi connectivity index (χ3n) is 5.86. The van der Waals surface area contributed by atoms with Crippen molar-refractivity contribution in [2.45, 2.75) is 40.0 Å². The highest BCUT2D eigenvalue weighted by atomic mass is 16.1. The summed E-state index contributed by atoms with van der Waals surface area (Å²) in [5, 5.41) is 12.8. The van der Waals surface area contributed by atoms with Crippen molar-refractivity contribution < 1.29 is 0 Å². The van der Waals surface area contributed by atoms with Crippen LogP contribution >= 0.6 is 0 Å². The minimum absolute atomic E-state index is 0.191. The van der Waals surface area contributed by atoms with Gasteiger partial charge in [0.1, 0.15) is 0 Å². The summed E-state index contributed by atoms with van der Waals surface area (Å²) < 4.78 is 1.83.